The number of carbonyl (C=O) groups excluding carboxylic acids is 1. The zero-order valence-corrected chi connectivity index (χ0v) is 14.8. The predicted molar refractivity (Wildman–Crippen MR) is 101 cm³/mol. The lowest BCUT2D eigenvalue weighted by atomic mass is 9.98. The Hall–Kier alpha value is -3.05. The van der Waals surface area contributed by atoms with E-state index in [-0.39, 0.29) is 19.1 Å². The molecule has 1 aromatic heterocycles. The van der Waals surface area contributed by atoms with Crippen molar-refractivity contribution in [2.75, 3.05) is 13.2 Å². The van der Waals surface area contributed by atoms with Crippen LogP contribution >= 0.6 is 0 Å². The quantitative estimate of drug-likeness (QED) is 0.700. The first-order valence-corrected chi connectivity index (χ1v) is 9.01. The van der Waals surface area contributed by atoms with E-state index in [0.29, 0.717) is 12.2 Å². The van der Waals surface area contributed by atoms with E-state index >= 15 is 0 Å². The van der Waals surface area contributed by atoms with Gasteiger partial charge in [0.05, 0.1) is 18.9 Å². The summed E-state index contributed by atoms with van der Waals surface area (Å²) < 4.78 is 10.8. The first-order chi connectivity index (χ1) is 13.3. The first-order valence-electron chi connectivity index (χ1n) is 9.01. The van der Waals surface area contributed by atoms with E-state index in [0.717, 1.165) is 0 Å². The molecule has 2 N–H and O–H groups in total. The second-order valence-corrected chi connectivity index (χ2v) is 6.63. The summed E-state index contributed by atoms with van der Waals surface area (Å²) in [6, 6.07) is 19.5. The van der Waals surface area contributed by atoms with Crippen molar-refractivity contribution in [1.29, 1.82) is 0 Å². The topological polar surface area (TPSA) is 71.7 Å². The maximum Gasteiger partial charge on any atom is 0.407 e. The molecule has 1 atom stereocenters. The van der Waals surface area contributed by atoms with Crippen molar-refractivity contribution < 1.29 is 19.1 Å². The number of hydrogen-bond donors (Lipinski definition) is 2. The zero-order valence-electron chi connectivity index (χ0n) is 14.8. The zero-order chi connectivity index (χ0) is 18.6. The van der Waals surface area contributed by atoms with E-state index in [1.807, 2.05) is 30.3 Å². The molecule has 0 saturated heterocycles. The molecule has 1 heterocycles. The molecule has 1 unspecified atom stereocenters. The summed E-state index contributed by atoms with van der Waals surface area (Å²) in [6.07, 6.45) is 1.44. The minimum absolute atomic E-state index is 0.0146. The predicted octanol–water partition coefficient (Wildman–Crippen LogP) is 3.72. The molecular formula is C22H21NO4. The van der Waals surface area contributed by atoms with Crippen LogP contribution in [0, 0.1) is 0 Å². The van der Waals surface area contributed by atoms with Crippen LogP contribution in [-0.4, -0.2) is 30.5 Å². The number of benzene rings is 2. The van der Waals surface area contributed by atoms with Gasteiger partial charge in [-0.2, -0.15) is 0 Å². The maximum absolute atomic E-state index is 12.2. The van der Waals surface area contributed by atoms with Crippen LogP contribution in [0.2, 0.25) is 0 Å². The molecule has 0 spiro atoms. The third kappa shape index (κ3) is 3.59. The second kappa shape index (κ2) is 7.68. The summed E-state index contributed by atoms with van der Waals surface area (Å²) >= 11 is 0. The smallest absolute Gasteiger partial charge is 0.407 e. The van der Waals surface area contributed by atoms with Gasteiger partial charge in [0, 0.05) is 12.3 Å². The summed E-state index contributed by atoms with van der Waals surface area (Å²) in [5.41, 5.74) is 4.71. The van der Waals surface area contributed by atoms with Gasteiger partial charge in [-0.25, -0.2) is 4.79 Å². The third-order valence-corrected chi connectivity index (χ3v) is 4.91. The summed E-state index contributed by atoms with van der Waals surface area (Å²) in [5, 5.41) is 12.2. The van der Waals surface area contributed by atoms with Crippen molar-refractivity contribution in [3.8, 4) is 11.1 Å². The number of hydrogen-bond acceptors (Lipinski definition) is 4. The molecule has 1 aliphatic rings. The van der Waals surface area contributed by atoms with Gasteiger partial charge < -0.3 is 19.6 Å². The Bertz CT molecular complexity index is 874. The summed E-state index contributed by atoms with van der Waals surface area (Å²) in [7, 11) is 0. The number of alkyl carbamates (subject to hydrolysis) is 1. The van der Waals surface area contributed by atoms with Gasteiger partial charge in [0.1, 0.15) is 12.4 Å². The lowest BCUT2D eigenvalue weighted by Crippen LogP contribution is -2.39. The Balaban J connectivity index is 1.42. The molecule has 3 aromatic rings. The standard InChI is InChI=1S/C22H21NO4/c24-13-15(12-16-6-5-11-26-16)23-22(25)27-14-21-19-9-3-1-7-17(19)18-8-2-4-10-20(18)21/h1-11,15,21,24H,12-14H2,(H,23,25). The largest absolute Gasteiger partial charge is 0.469 e. The number of fused-ring (bicyclic) bond motifs is 3. The van der Waals surface area contributed by atoms with E-state index in [1.54, 1.807) is 12.3 Å². The minimum atomic E-state index is -0.539. The Morgan fingerprint density at radius 2 is 1.70 bits per heavy atom. The van der Waals surface area contributed by atoms with Gasteiger partial charge in [0.25, 0.3) is 0 Å². The fourth-order valence-electron chi connectivity index (χ4n) is 3.64. The lowest BCUT2D eigenvalue weighted by molar-refractivity contribution is 0.131. The fourth-order valence-corrected chi connectivity index (χ4v) is 3.64. The van der Waals surface area contributed by atoms with Crippen molar-refractivity contribution in [3.05, 3.63) is 83.8 Å². The number of aliphatic hydroxyl groups is 1. The molecule has 1 amide bonds. The highest BCUT2D eigenvalue weighted by molar-refractivity contribution is 5.79. The van der Waals surface area contributed by atoms with E-state index in [1.165, 1.54) is 22.3 Å². The Kier molecular flexibility index (Phi) is 4.94. The average Bonchev–Trinajstić information content (AvgIpc) is 3.32. The van der Waals surface area contributed by atoms with Crippen molar-refractivity contribution in [2.24, 2.45) is 0 Å². The third-order valence-electron chi connectivity index (χ3n) is 4.91. The molecule has 1 aliphatic carbocycles. The molecule has 0 bridgehead atoms. The highest BCUT2D eigenvalue weighted by Crippen LogP contribution is 2.44. The lowest BCUT2D eigenvalue weighted by Gasteiger charge is -2.18. The molecule has 0 fully saturated rings. The Labute approximate surface area is 157 Å². The van der Waals surface area contributed by atoms with Crippen molar-refractivity contribution in [3.63, 3.8) is 0 Å². The van der Waals surface area contributed by atoms with Crippen LogP contribution in [0.5, 0.6) is 0 Å². The molecule has 2 aromatic carbocycles. The molecule has 0 saturated carbocycles. The first kappa shape index (κ1) is 17.4. The average molecular weight is 363 g/mol. The molecule has 0 radical (unpaired) electrons. The van der Waals surface area contributed by atoms with Crippen LogP contribution in [0.4, 0.5) is 4.79 Å². The maximum atomic E-state index is 12.2. The van der Waals surface area contributed by atoms with Gasteiger partial charge in [-0.15, -0.1) is 0 Å². The van der Waals surface area contributed by atoms with E-state index in [9.17, 15) is 9.90 Å². The van der Waals surface area contributed by atoms with Crippen LogP contribution in [0.25, 0.3) is 11.1 Å². The summed E-state index contributed by atoms with van der Waals surface area (Å²) in [6.45, 7) is 0.0592. The van der Waals surface area contributed by atoms with Crippen molar-refractivity contribution >= 4 is 6.09 Å². The van der Waals surface area contributed by atoms with Crippen molar-refractivity contribution in [1.82, 2.24) is 5.32 Å². The van der Waals surface area contributed by atoms with Crippen LogP contribution in [0.3, 0.4) is 0 Å². The molecule has 5 nitrogen and oxygen atoms in total. The number of carbonyl (C=O) groups is 1. The Morgan fingerprint density at radius 1 is 1.04 bits per heavy atom. The van der Waals surface area contributed by atoms with Gasteiger partial charge in [0.2, 0.25) is 0 Å². The van der Waals surface area contributed by atoms with Crippen LogP contribution in [-0.2, 0) is 11.2 Å². The van der Waals surface area contributed by atoms with Gasteiger partial charge >= 0.3 is 6.09 Å². The monoisotopic (exact) mass is 363 g/mol. The van der Waals surface area contributed by atoms with Crippen LogP contribution in [0.15, 0.2) is 71.3 Å². The number of amides is 1. The molecule has 4 rings (SSSR count). The van der Waals surface area contributed by atoms with E-state index in [4.69, 9.17) is 9.15 Å². The van der Waals surface area contributed by atoms with Crippen molar-refractivity contribution in [2.45, 2.75) is 18.4 Å². The molecule has 0 aliphatic heterocycles. The molecular weight excluding hydrogens is 342 g/mol. The SMILES string of the molecule is O=C(NC(CO)Cc1ccco1)OCC1c2ccccc2-c2ccccc21. The van der Waals surface area contributed by atoms with Crippen LogP contribution in [0.1, 0.15) is 22.8 Å². The molecule has 138 valence electrons. The van der Waals surface area contributed by atoms with Gasteiger partial charge in [0.15, 0.2) is 0 Å². The highest BCUT2D eigenvalue weighted by Gasteiger charge is 2.29. The van der Waals surface area contributed by atoms with Gasteiger partial charge in [-0.1, -0.05) is 48.5 Å². The summed E-state index contributed by atoms with van der Waals surface area (Å²) in [5.74, 6) is 0.716. The Morgan fingerprint density at radius 3 is 2.30 bits per heavy atom. The number of rotatable bonds is 6. The minimum Gasteiger partial charge on any atom is -0.469 e. The van der Waals surface area contributed by atoms with Gasteiger partial charge in [-0.05, 0) is 34.4 Å². The van der Waals surface area contributed by atoms with Gasteiger partial charge in [-0.3, -0.25) is 0 Å². The number of aliphatic hydroxyl groups excluding tert-OH is 1. The fraction of sp³-hybridized carbons (Fsp3) is 0.227. The molecule has 5 heteroatoms. The number of furan rings is 1. The van der Waals surface area contributed by atoms with Crippen LogP contribution < -0.4 is 5.32 Å². The molecule has 27 heavy (non-hydrogen) atoms. The second-order valence-electron chi connectivity index (χ2n) is 6.63. The normalized spacial score (nSPS) is 13.7. The number of ether oxygens (including phenoxy) is 1. The summed E-state index contributed by atoms with van der Waals surface area (Å²) in [4.78, 5) is 12.2. The number of nitrogens with one attached hydrogen (secondary N) is 1. The van der Waals surface area contributed by atoms with E-state index < -0.39 is 12.1 Å². The van der Waals surface area contributed by atoms with E-state index in [2.05, 4.69) is 29.6 Å². The highest BCUT2D eigenvalue weighted by atomic mass is 16.5.